The maximum Gasteiger partial charge on any atom is 0.292 e. The van der Waals surface area contributed by atoms with Gasteiger partial charge in [-0.3, -0.25) is 9.79 Å². The highest BCUT2D eigenvalue weighted by Gasteiger charge is 2.27. The van der Waals surface area contributed by atoms with Crippen LogP contribution in [-0.2, 0) is 0 Å². The van der Waals surface area contributed by atoms with E-state index >= 15 is 0 Å². The molecule has 134 valence electrons. The summed E-state index contributed by atoms with van der Waals surface area (Å²) in [5, 5.41) is 3.54. The lowest BCUT2D eigenvalue weighted by atomic mass is 9.93. The summed E-state index contributed by atoms with van der Waals surface area (Å²) in [6.07, 6.45) is 1.46. The molecule has 0 aliphatic carbocycles. The van der Waals surface area contributed by atoms with Crippen LogP contribution in [0.15, 0.2) is 81.3 Å². The normalized spacial score (nSPS) is 16.0. The molecule has 2 heterocycles. The van der Waals surface area contributed by atoms with Crippen molar-refractivity contribution in [2.75, 3.05) is 0 Å². The highest BCUT2D eigenvalue weighted by Crippen LogP contribution is 2.34. The van der Waals surface area contributed by atoms with Gasteiger partial charge in [0.15, 0.2) is 5.76 Å². The molecule has 4 rings (SSSR count). The number of rotatable bonds is 2. The lowest BCUT2D eigenvalue weighted by molar-refractivity contribution is 0.0949. The number of para-hydroxylation sites is 2. The van der Waals surface area contributed by atoms with Crippen molar-refractivity contribution >= 4 is 40.4 Å². The van der Waals surface area contributed by atoms with Gasteiger partial charge in [0.2, 0.25) is 0 Å². The van der Waals surface area contributed by atoms with Gasteiger partial charge in [-0.25, -0.2) is 4.99 Å². The number of benzene rings is 2. The Morgan fingerprint density at radius 3 is 2.37 bits per heavy atom. The third kappa shape index (κ3) is 3.55. The molecular formula is C21H16ClN3O2. The van der Waals surface area contributed by atoms with Gasteiger partial charge in [0, 0.05) is 10.7 Å². The first-order valence-corrected chi connectivity index (χ1v) is 8.83. The fourth-order valence-corrected chi connectivity index (χ4v) is 3.17. The van der Waals surface area contributed by atoms with Crippen LogP contribution >= 0.6 is 11.6 Å². The second-order valence-electron chi connectivity index (χ2n) is 6.15. The lowest BCUT2D eigenvalue weighted by Gasteiger charge is -2.19. The minimum Gasteiger partial charge on any atom is -0.459 e. The standard InChI is InChI=1S/C21H16ClN3O2/c1-13-19(14-8-10-15(22)11-9-14)20(25-21(26)18-7-4-12-27-18)24-17-6-3-2-5-16(17)23-13/h2-12,19H,1H3,(H,24,25,26). The molecule has 3 aromatic rings. The second kappa shape index (κ2) is 7.21. The molecule has 1 atom stereocenters. The summed E-state index contributed by atoms with van der Waals surface area (Å²) in [7, 11) is 0. The first kappa shape index (κ1) is 17.2. The molecule has 1 aliphatic heterocycles. The summed E-state index contributed by atoms with van der Waals surface area (Å²) in [6.45, 7) is 1.93. The summed E-state index contributed by atoms with van der Waals surface area (Å²) in [4.78, 5) is 22.0. The largest absolute Gasteiger partial charge is 0.459 e. The van der Waals surface area contributed by atoms with Crippen LogP contribution in [0.5, 0.6) is 0 Å². The first-order valence-electron chi connectivity index (χ1n) is 8.45. The molecule has 0 fully saturated rings. The maximum absolute atomic E-state index is 12.6. The second-order valence-corrected chi connectivity index (χ2v) is 6.59. The van der Waals surface area contributed by atoms with Gasteiger partial charge in [0.25, 0.3) is 5.91 Å². The van der Waals surface area contributed by atoms with Crippen LogP contribution in [0.1, 0.15) is 29.0 Å². The molecule has 1 aliphatic rings. The topological polar surface area (TPSA) is 67.0 Å². The number of amidine groups is 1. The Bertz CT molecular complexity index is 1040. The summed E-state index contributed by atoms with van der Waals surface area (Å²) in [6, 6.07) is 18.3. The van der Waals surface area contributed by atoms with Crippen molar-refractivity contribution in [1.29, 1.82) is 0 Å². The number of amides is 1. The van der Waals surface area contributed by atoms with E-state index in [-0.39, 0.29) is 17.6 Å². The number of halogens is 1. The van der Waals surface area contributed by atoms with E-state index in [1.165, 1.54) is 6.26 Å². The maximum atomic E-state index is 12.6. The third-order valence-electron chi connectivity index (χ3n) is 4.30. The average Bonchev–Trinajstić information content (AvgIpc) is 3.15. The SMILES string of the molecule is CC1=Nc2ccccc2N=C(NC(=O)c2ccco2)C1c1ccc(Cl)cc1. The van der Waals surface area contributed by atoms with Gasteiger partial charge < -0.3 is 9.73 Å². The van der Waals surface area contributed by atoms with E-state index in [2.05, 4.69) is 5.32 Å². The molecule has 0 radical (unpaired) electrons. The van der Waals surface area contributed by atoms with Crippen LogP contribution < -0.4 is 5.32 Å². The van der Waals surface area contributed by atoms with E-state index in [1.54, 1.807) is 12.1 Å². The molecule has 6 heteroatoms. The molecule has 1 amide bonds. The van der Waals surface area contributed by atoms with E-state index < -0.39 is 0 Å². The van der Waals surface area contributed by atoms with Gasteiger partial charge in [-0.15, -0.1) is 0 Å². The van der Waals surface area contributed by atoms with Gasteiger partial charge >= 0.3 is 0 Å². The lowest BCUT2D eigenvalue weighted by Crippen LogP contribution is -2.37. The van der Waals surface area contributed by atoms with E-state index in [0.717, 1.165) is 17.0 Å². The van der Waals surface area contributed by atoms with E-state index in [9.17, 15) is 4.79 Å². The molecule has 1 unspecified atom stereocenters. The highest BCUT2D eigenvalue weighted by atomic mass is 35.5. The summed E-state index contributed by atoms with van der Waals surface area (Å²) in [5.41, 5.74) is 3.21. The Morgan fingerprint density at radius 1 is 1.00 bits per heavy atom. The number of fused-ring (bicyclic) bond motifs is 1. The van der Waals surface area contributed by atoms with Crippen LogP contribution in [0.25, 0.3) is 0 Å². The zero-order chi connectivity index (χ0) is 18.8. The Kier molecular flexibility index (Phi) is 4.60. The van der Waals surface area contributed by atoms with Gasteiger partial charge in [-0.1, -0.05) is 35.9 Å². The predicted molar refractivity (Wildman–Crippen MR) is 107 cm³/mol. The molecule has 0 saturated heterocycles. The minimum absolute atomic E-state index is 0.222. The summed E-state index contributed by atoms with van der Waals surface area (Å²) >= 11 is 6.04. The Balaban J connectivity index is 1.81. The number of hydrogen-bond acceptors (Lipinski definition) is 4. The van der Waals surface area contributed by atoms with Crippen molar-refractivity contribution in [3.05, 3.63) is 83.3 Å². The molecule has 1 N–H and O–H groups in total. The number of nitrogens with zero attached hydrogens (tertiary/aromatic N) is 2. The number of carbonyl (C=O) groups is 1. The number of furan rings is 1. The smallest absolute Gasteiger partial charge is 0.292 e. The number of aliphatic imine (C=N–C) groups is 2. The minimum atomic E-state index is -0.357. The Hall–Kier alpha value is -3.18. The van der Waals surface area contributed by atoms with Crippen LogP contribution in [0.4, 0.5) is 11.4 Å². The molecule has 2 aromatic carbocycles. The average molecular weight is 378 g/mol. The fourth-order valence-electron chi connectivity index (χ4n) is 3.04. The zero-order valence-electron chi connectivity index (χ0n) is 14.5. The van der Waals surface area contributed by atoms with Gasteiger partial charge in [0.1, 0.15) is 5.84 Å². The van der Waals surface area contributed by atoms with Crippen LogP contribution in [-0.4, -0.2) is 17.5 Å². The quantitative estimate of drug-likeness (QED) is 0.659. The number of hydrogen-bond donors (Lipinski definition) is 1. The number of carbonyl (C=O) groups excluding carboxylic acids is 1. The van der Waals surface area contributed by atoms with Crippen molar-refractivity contribution < 1.29 is 9.21 Å². The molecular weight excluding hydrogens is 362 g/mol. The zero-order valence-corrected chi connectivity index (χ0v) is 15.3. The molecule has 27 heavy (non-hydrogen) atoms. The van der Waals surface area contributed by atoms with E-state index in [0.29, 0.717) is 16.5 Å². The molecule has 0 spiro atoms. The Morgan fingerprint density at radius 2 is 1.70 bits per heavy atom. The van der Waals surface area contributed by atoms with Crippen LogP contribution in [0.3, 0.4) is 0 Å². The highest BCUT2D eigenvalue weighted by molar-refractivity contribution is 6.30. The van der Waals surface area contributed by atoms with Crippen LogP contribution in [0.2, 0.25) is 5.02 Å². The first-order chi connectivity index (χ1) is 13.1. The van der Waals surface area contributed by atoms with Crippen LogP contribution in [0, 0.1) is 0 Å². The van der Waals surface area contributed by atoms with Crippen molar-refractivity contribution in [3.8, 4) is 0 Å². The van der Waals surface area contributed by atoms with Crippen molar-refractivity contribution in [3.63, 3.8) is 0 Å². The van der Waals surface area contributed by atoms with Gasteiger partial charge in [-0.05, 0) is 48.9 Å². The fraction of sp³-hybridized carbons (Fsp3) is 0.0952. The van der Waals surface area contributed by atoms with Gasteiger partial charge in [0.05, 0.1) is 23.6 Å². The third-order valence-corrected chi connectivity index (χ3v) is 4.55. The Labute approximate surface area is 161 Å². The summed E-state index contributed by atoms with van der Waals surface area (Å²) < 4.78 is 5.21. The predicted octanol–water partition coefficient (Wildman–Crippen LogP) is 5.28. The monoisotopic (exact) mass is 377 g/mol. The van der Waals surface area contributed by atoms with Gasteiger partial charge in [-0.2, -0.15) is 0 Å². The molecule has 1 aromatic heterocycles. The van der Waals surface area contributed by atoms with Crippen molar-refractivity contribution in [2.24, 2.45) is 9.98 Å². The number of nitrogens with one attached hydrogen (secondary N) is 1. The van der Waals surface area contributed by atoms with E-state index in [1.807, 2.05) is 55.5 Å². The molecule has 0 saturated carbocycles. The summed E-state index contributed by atoms with van der Waals surface area (Å²) in [5.74, 6) is 0.0445. The molecule has 5 nitrogen and oxygen atoms in total. The van der Waals surface area contributed by atoms with E-state index in [4.69, 9.17) is 26.0 Å². The molecule has 0 bridgehead atoms. The van der Waals surface area contributed by atoms with Crippen molar-refractivity contribution in [1.82, 2.24) is 5.32 Å². The van der Waals surface area contributed by atoms with Crippen molar-refractivity contribution in [2.45, 2.75) is 12.8 Å².